The molecule has 30 heavy (non-hydrogen) atoms. The molecule has 2 saturated carbocycles. The quantitative estimate of drug-likeness (QED) is 0.495. The van der Waals surface area contributed by atoms with Crippen molar-refractivity contribution in [3.05, 3.63) is 59.7 Å². The van der Waals surface area contributed by atoms with Gasteiger partial charge in [-0.25, -0.2) is 0 Å². The average molecular weight is 405 g/mol. The van der Waals surface area contributed by atoms with Crippen molar-refractivity contribution in [3.8, 4) is 0 Å². The predicted octanol–water partition coefficient (Wildman–Crippen LogP) is 7.32. The largest absolute Gasteiger partial charge is 0.399 e. The van der Waals surface area contributed by atoms with Gasteiger partial charge in [-0.3, -0.25) is 0 Å². The molecule has 162 valence electrons. The van der Waals surface area contributed by atoms with Crippen LogP contribution in [0.3, 0.4) is 0 Å². The highest BCUT2D eigenvalue weighted by molar-refractivity contribution is 5.49. The Balaban J connectivity index is 1.47. The molecule has 2 aliphatic carbocycles. The van der Waals surface area contributed by atoms with E-state index in [2.05, 4.69) is 55.5 Å². The van der Waals surface area contributed by atoms with Gasteiger partial charge < -0.3 is 11.5 Å². The van der Waals surface area contributed by atoms with Gasteiger partial charge in [0.25, 0.3) is 0 Å². The molecule has 4 N–H and O–H groups in total. The third-order valence-electron chi connectivity index (χ3n) is 8.33. The Morgan fingerprint density at radius 3 is 1.63 bits per heavy atom. The van der Waals surface area contributed by atoms with E-state index in [1.165, 1.54) is 81.8 Å². The minimum absolute atomic E-state index is 0.107. The molecule has 0 amide bonds. The molecule has 2 aliphatic rings. The van der Waals surface area contributed by atoms with E-state index in [0.29, 0.717) is 0 Å². The maximum atomic E-state index is 6.00. The van der Waals surface area contributed by atoms with E-state index in [9.17, 15) is 0 Å². The van der Waals surface area contributed by atoms with Gasteiger partial charge in [0.05, 0.1) is 0 Å². The molecule has 2 aromatic carbocycles. The van der Waals surface area contributed by atoms with E-state index >= 15 is 0 Å². The molecule has 2 aromatic rings. The molecule has 0 bridgehead atoms. The number of anilines is 2. The Hall–Kier alpha value is -1.96. The van der Waals surface area contributed by atoms with Crippen molar-refractivity contribution in [3.63, 3.8) is 0 Å². The molecule has 0 unspecified atom stereocenters. The van der Waals surface area contributed by atoms with Crippen LogP contribution < -0.4 is 11.5 Å². The summed E-state index contributed by atoms with van der Waals surface area (Å²) in [6, 6.07) is 17.3. The minimum atomic E-state index is 0.107. The summed E-state index contributed by atoms with van der Waals surface area (Å²) < 4.78 is 0. The molecule has 4 rings (SSSR count). The summed E-state index contributed by atoms with van der Waals surface area (Å²) >= 11 is 0. The van der Waals surface area contributed by atoms with E-state index < -0.39 is 0 Å². The zero-order chi connectivity index (χ0) is 21.0. The molecule has 2 heteroatoms. The van der Waals surface area contributed by atoms with Crippen LogP contribution in [0.15, 0.2) is 48.5 Å². The lowest BCUT2D eigenvalue weighted by Crippen LogP contribution is -2.36. The molecule has 0 spiro atoms. The zero-order valence-corrected chi connectivity index (χ0v) is 18.8. The van der Waals surface area contributed by atoms with E-state index in [0.717, 1.165) is 29.1 Å². The lowest BCUT2D eigenvalue weighted by atomic mass is 9.60. The SMILES string of the molecule is CCCCC1CCC(C2CCC(c3ccc(N)cc3)(c3ccc(N)cc3)CC2)CC1. The van der Waals surface area contributed by atoms with Crippen molar-refractivity contribution in [2.45, 2.75) is 83.0 Å². The molecule has 0 atom stereocenters. The van der Waals surface area contributed by atoms with Gasteiger partial charge >= 0.3 is 0 Å². The van der Waals surface area contributed by atoms with Crippen molar-refractivity contribution >= 4 is 11.4 Å². The second-order valence-corrected chi connectivity index (χ2v) is 10.1. The smallest absolute Gasteiger partial charge is 0.0314 e. The molecule has 0 aromatic heterocycles. The summed E-state index contributed by atoms with van der Waals surface area (Å²) in [6.45, 7) is 2.32. The number of hydrogen-bond donors (Lipinski definition) is 2. The van der Waals surface area contributed by atoms with Crippen LogP contribution in [0.4, 0.5) is 11.4 Å². The van der Waals surface area contributed by atoms with Crippen LogP contribution in [0, 0.1) is 17.8 Å². The summed E-state index contributed by atoms with van der Waals surface area (Å²) in [6.07, 6.45) is 15.3. The molecule has 0 radical (unpaired) electrons. The van der Waals surface area contributed by atoms with Gasteiger partial charge in [0.1, 0.15) is 0 Å². The number of nitrogen functional groups attached to an aromatic ring is 2. The number of unbranched alkanes of at least 4 members (excludes halogenated alkanes) is 1. The highest BCUT2D eigenvalue weighted by Crippen LogP contribution is 2.50. The van der Waals surface area contributed by atoms with Crippen LogP contribution in [0.5, 0.6) is 0 Å². The monoisotopic (exact) mass is 404 g/mol. The van der Waals surface area contributed by atoms with Crippen molar-refractivity contribution in [2.75, 3.05) is 11.5 Å². The van der Waals surface area contributed by atoms with Crippen molar-refractivity contribution < 1.29 is 0 Å². The van der Waals surface area contributed by atoms with Gasteiger partial charge in [0.15, 0.2) is 0 Å². The summed E-state index contributed by atoms with van der Waals surface area (Å²) in [5, 5.41) is 0. The first kappa shape index (κ1) is 21.3. The molecular formula is C28H40N2. The van der Waals surface area contributed by atoms with E-state index in [1.807, 2.05) is 0 Å². The first-order valence-electron chi connectivity index (χ1n) is 12.3. The standard InChI is InChI=1S/C28H40N2/c1-2-3-4-21-5-7-22(8-6-21)23-17-19-28(20-18-23,24-9-13-26(29)14-10-24)25-11-15-27(30)16-12-25/h9-16,21-23H,2-8,17-20,29-30H2,1H3. The van der Waals surface area contributed by atoms with Gasteiger partial charge in [-0.2, -0.15) is 0 Å². The predicted molar refractivity (Wildman–Crippen MR) is 129 cm³/mol. The molecule has 0 saturated heterocycles. The topological polar surface area (TPSA) is 52.0 Å². The summed E-state index contributed by atoms with van der Waals surface area (Å²) in [4.78, 5) is 0. The molecule has 2 fully saturated rings. The van der Waals surface area contributed by atoms with E-state index in [4.69, 9.17) is 11.5 Å². The highest BCUT2D eigenvalue weighted by atomic mass is 14.6. The fraction of sp³-hybridized carbons (Fsp3) is 0.571. The molecule has 2 nitrogen and oxygen atoms in total. The lowest BCUT2D eigenvalue weighted by Gasteiger charge is -2.44. The molecular weight excluding hydrogens is 364 g/mol. The van der Waals surface area contributed by atoms with Crippen molar-refractivity contribution in [2.24, 2.45) is 17.8 Å². The van der Waals surface area contributed by atoms with E-state index in [1.54, 1.807) is 0 Å². The van der Waals surface area contributed by atoms with Crippen molar-refractivity contribution in [1.82, 2.24) is 0 Å². The number of rotatable bonds is 6. The van der Waals surface area contributed by atoms with Crippen LogP contribution in [-0.4, -0.2) is 0 Å². The average Bonchev–Trinajstić information content (AvgIpc) is 2.79. The first-order valence-corrected chi connectivity index (χ1v) is 12.3. The molecule has 0 aliphatic heterocycles. The van der Waals surface area contributed by atoms with Gasteiger partial charge in [-0.15, -0.1) is 0 Å². The second-order valence-electron chi connectivity index (χ2n) is 10.1. The Morgan fingerprint density at radius 1 is 0.700 bits per heavy atom. The lowest BCUT2D eigenvalue weighted by molar-refractivity contribution is 0.140. The fourth-order valence-corrected chi connectivity index (χ4v) is 6.39. The van der Waals surface area contributed by atoms with Crippen LogP contribution >= 0.6 is 0 Å². The van der Waals surface area contributed by atoms with Gasteiger partial charge in [0.2, 0.25) is 0 Å². The Labute approximate surface area is 183 Å². The summed E-state index contributed by atoms with van der Waals surface area (Å²) in [7, 11) is 0. The maximum Gasteiger partial charge on any atom is 0.0314 e. The summed E-state index contributed by atoms with van der Waals surface area (Å²) in [5.41, 5.74) is 16.6. The Bertz CT molecular complexity index is 729. The Kier molecular flexibility index (Phi) is 6.71. The fourth-order valence-electron chi connectivity index (χ4n) is 6.39. The van der Waals surface area contributed by atoms with Crippen LogP contribution in [0.25, 0.3) is 0 Å². The Morgan fingerprint density at radius 2 is 1.17 bits per heavy atom. The zero-order valence-electron chi connectivity index (χ0n) is 18.8. The van der Waals surface area contributed by atoms with E-state index in [-0.39, 0.29) is 5.41 Å². The second kappa shape index (κ2) is 9.45. The normalized spacial score (nSPS) is 24.6. The highest BCUT2D eigenvalue weighted by Gasteiger charge is 2.40. The first-order chi connectivity index (χ1) is 14.6. The van der Waals surface area contributed by atoms with Crippen LogP contribution in [-0.2, 0) is 5.41 Å². The van der Waals surface area contributed by atoms with Crippen molar-refractivity contribution in [1.29, 1.82) is 0 Å². The number of benzene rings is 2. The van der Waals surface area contributed by atoms with Gasteiger partial charge in [-0.1, -0.05) is 63.3 Å². The van der Waals surface area contributed by atoms with Crippen LogP contribution in [0.1, 0.15) is 88.7 Å². The summed E-state index contributed by atoms with van der Waals surface area (Å²) in [5.74, 6) is 2.87. The third-order valence-corrected chi connectivity index (χ3v) is 8.33. The van der Waals surface area contributed by atoms with Gasteiger partial charge in [-0.05, 0) is 91.7 Å². The van der Waals surface area contributed by atoms with Crippen LogP contribution in [0.2, 0.25) is 0 Å². The van der Waals surface area contributed by atoms with Gasteiger partial charge in [0, 0.05) is 16.8 Å². The molecule has 0 heterocycles. The minimum Gasteiger partial charge on any atom is -0.399 e. The number of hydrogen-bond acceptors (Lipinski definition) is 2. The number of nitrogens with two attached hydrogens (primary N) is 2. The third kappa shape index (κ3) is 4.53. The maximum absolute atomic E-state index is 6.00.